The Hall–Kier alpha value is -4.67. The number of rotatable bonds is 6. The van der Waals surface area contributed by atoms with Crippen LogP contribution in [0.25, 0.3) is 11.1 Å². The molecule has 2 aromatic carbocycles. The average Bonchev–Trinajstić information content (AvgIpc) is 3.58. The molecule has 11 heteroatoms. The van der Waals surface area contributed by atoms with Crippen molar-refractivity contribution in [3.05, 3.63) is 61.2 Å². The van der Waals surface area contributed by atoms with Crippen molar-refractivity contribution in [1.29, 1.82) is 0 Å². The number of piperidine rings is 1. The zero-order valence-electron chi connectivity index (χ0n) is 20.3. The summed E-state index contributed by atoms with van der Waals surface area (Å²) in [5.74, 6) is 2.51. The molecule has 4 heterocycles. The van der Waals surface area contributed by atoms with E-state index < -0.39 is 0 Å². The molecule has 2 aliphatic heterocycles. The molecule has 4 aromatic rings. The number of ether oxygens (including phenoxy) is 2. The summed E-state index contributed by atoms with van der Waals surface area (Å²) in [5, 5.41) is 10.6. The number of hydrogen-bond donors (Lipinski definition) is 2. The minimum Gasteiger partial charge on any atom is -0.454 e. The van der Waals surface area contributed by atoms with Crippen LogP contribution in [0.2, 0.25) is 0 Å². The molecule has 0 bridgehead atoms. The first-order valence-electron chi connectivity index (χ1n) is 12.1. The van der Waals surface area contributed by atoms with E-state index in [0.717, 1.165) is 54.2 Å². The predicted molar refractivity (Wildman–Crippen MR) is 138 cm³/mol. The molecule has 2 aromatic heterocycles. The molecule has 0 atom stereocenters. The Morgan fingerprint density at radius 1 is 1.00 bits per heavy atom. The van der Waals surface area contributed by atoms with Crippen LogP contribution in [-0.2, 0) is 4.79 Å². The van der Waals surface area contributed by atoms with Gasteiger partial charge in [-0.25, -0.2) is 9.97 Å². The van der Waals surface area contributed by atoms with E-state index in [4.69, 9.17) is 9.47 Å². The van der Waals surface area contributed by atoms with Crippen LogP contribution in [0.5, 0.6) is 11.5 Å². The lowest BCUT2D eigenvalue weighted by atomic mass is 10.1. The van der Waals surface area contributed by atoms with Crippen molar-refractivity contribution in [1.82, 2.24) is 24.7 Å². The number of nitrogens with zero attached hydrogens (tertiary/aromatic N) is 6. The van der Waals surface area contributed by atoms with Gasteiger partial charge in [0.15, 0.2) is 11.5 Å². The van der Waals surface area contributed by atoms with Crippen LogP contribution in [0, 0.1) is 0 Å². The Labute approximate surface area is 213 Å². The largest absolute Gasteiger partial charge is 0.454 e. The Morgan fingerprint density at radius 3 is 2.70 bits per heavy atom. The van der Waals surface area contributed by atoms with E-state index in [2.05, 4.69) is 46.5 Å². The highest BCUT2D eigenvalue weighted by molar-refractivity contribution is 5.89. The first kappa shape index (κ1) is 22.8. The number of benzene rings is 2. The lowest BCUT2D eigenvalue weighted by Gasteiger charge is -2.32. The standard InChI is InChI=1S/C26H26N8O3/c1-17(35)30-20-3-2-4-21(12-20)31-25-27-15-28-26(32-25)33-9-7-22(8-10-33)34-14-19(13-29-34)18-5-6-23-24(11-18)37-16-36-23/h2-6,11-15,22H,7-10,16H2,1H3,(H,30,35)(H,27,28,31,32). The number of nitrogens with one attached hydrogen (secondary N) is 2. The second kappa shape index (κ2) is 9.76. The summed E-state index contributed by atoms with van der Waals surface area (Å²) in [5.41, 5.74) is 3.59. The molecule has 0 saturated carbocycles. The van der Waals surface area contributed by atoms with Gasteiger partial charge in [0.2, 0.25) is 24.6 Å². The molecule has 6 rings (SSSR count). The maximum absolute atomic E-state index is 11.3. The smallest absolute Gasteiger partial charge is 0.231 e. The molecule has 0 unspecified atom stereocenters. The monoisotopic (exact) mass is 498 g/mol. The first-order valence-corrected chi connectivity index (χ1v) is 12.1. The summed E-state index contributed by atoms with van der Waals surface area (Å²) < 4.78 is 13.0. The van der Waals surface area contributed by atoms with Gasteiger partial charge in [-0.3, -0.25) is 9.48 Å². The molecule has 0 spiro atoms. The summed E-state index contributed by atoms with van der Waals surface area (Å²) in [6.07, 6.45) is 7.36. The van der Waals surface area contributed by atoms with Crippen molar-refractivity contribution in [2.75, 3.05) is 35.4 Å². The number of aromatic nitrogens is 5. The summed E-state index contributed by atoms with van der Waals surface area (Å²) >= 11 is 0. The van der Waals surface area contributed by atoms with Crippen molar-refractivity contribution in [2.45, 2.75) is 25.8 Å². The van der Waals surface area contributed by atoms with Crippen LogP contribution < -0.4 is 25.0 Å². The van der Waals surface area contributed by atoms with Gasteiger partial charge in [0.25, 0.3) is 0 Å². The summed E-state index contributed by atoms with van der Waals surface area (Å²) in [6.45, 7) is 3.37. The highest BCUT2D eigenvalue weighted by atomic mass is 16.7. The number of carbonyl (C=O) groups is 1. The van der Waals surface area contributed by atoms with Crippen molar-refractivity contribution >= 4 is 29.2 Å². The Bertz CT molecular complexity index is 1430. The fourth-order valence-corrected chi connectivity index (χ4v) is 4.60. The minimum atomic E-state index is -0.123. The van der Waals surface area contributed by atoms with E-state index in [-0.39, 0.29) is 12.7 Å². The fourth-order valence-electron chi connectivity index (χ4n) is 4.60. The maximum atomic E-state index is 11.3. The van der Waals surface area contributed by atoms with Crippen LogP contribution in [0.4, 0.5) is 23.3 Å². The average molecular weight is 499 g/mol. The van der Waals surface area contributed by atoms with E-state index in [1.807, 2.05) is 48.7 Å². The van der Waals surface area contributed by atoms with Crippen LogP contribution in [0.1, 0.15) is 25.8 Å². The number of amides is 1. The summed E-state index contributed by atoms with van der Waals surface area (Å²) in [4.78, 5) is 26.8. The van der Waals surface area contributed by atoms with Crippen molar-refractivity contribution in [3.8, 4) is 22.6 Å². The molecule has 37 heavy (non-hydrogen) atoms. The van der Waals surface area contributed by atoms with Gasteiger partial charge in [-0.2, -0.15) is 10.1 Å². The molecule has 1 saturated heterocycles. The predicted octanol–water partition coefficient (Wildman–Crippen LogP) is 4.01. The summed E-state index contributed by atoms with van der Waals surface area (Å²) in [7, 11) is 0. The van der Waals surface area contributed by atoms with Crippen LogP contribution in [0.3, 0.4) is 0 Å². The molecule has 2 N–H and O–H groups in total. The summed E-state index contributed by atoms with van der Waals surface area (Å²) in [6, 6.07) is 13.7. The van der Waals surface area contributed by atoms with Gasteiger partial charge in [0, 0.05) is 43.1 Å². The third kappa shape index (κ3) is 5.01. The maximum Gasteiger partial charge on any atom is 0.231 e. The minimum absolute atomic E-state index is 0.123. The van der Waals surface area contributed by atoms with Crippen molar-refractivity contribution in [2.24, 2.45) is 0 Å². The van der Waals surface area contributed by atoms with Crippen molar-refractivity contribution < 1.29 is 14.3 Å². The molecule has 188 valence electrons. The zero-order valence-corrected chi connectivity index (χ0v) is 20.3. The Morgan fingerprint density at radius 2 is 1.84 bits per heavy atom. The zero-order chi connectivity index (χ0) is 25.2. The molecular weight excluding hydrogens is 472 g/mol. The third-order valence-corrected chi connectivity index (χ3v) is 6.43. The van der Waals surface area contributed by atoms with Gasteiger partial charge >= 0.3 is 0 Å². The fraction of sp³-hybridized carbons (Fsp3) is 0.269. The molecule has 0 aliphatic carbocycles. The lowest BCUT2D eigenvalue weighted by Crippen LogP contribution is -2.36. The van der Waals surface area contributed by atoms with Gasteiger partial charge in [-0.15, -0.1) is 0 Å². The number of carbonyl (C=O) groups excluding carboxylic acids is 1. The van der Waals surface area contributed by atoms with E-state index in [9.17, 15) is 4.79 Å². The van der Waals surface area contributed by atoms with E-state index in [1.165, 1.54) is 13.3 Å². The Kier molecular flexibility index (Phi) is 6.01. The second-order valence-corrected chi connectivity index (χ2v) is 8.99. The third-order valence-electron chi connectivity index (χ3n) is 6.43. The van der Waals surface area contributed by atoms with Gasteiger partial charge in [-0.05, 0) is 48.7 Å². The quantitative estimate of drug-likeness (QED) is 0.406. The van der Waals surface area contributed by atoms with Crippen LogP contribution >= 0.6 is 0 Å². The van der Waals surface area contributed by atoms with E-state index >= 15 is 0 Å². The van der Waals surface area contributed by atoms with E-state index in [1.54, 1.807) is 0 Å². The van der Waals surface area contributed by atoms with Gasteiger partial charge in [0.1, 0.15) is 6.33 Å². The molecular formula is C26H26N8O3. The van der Waals surface area contributed by atoms with Gasteiger partial charge in [-0.1, -0.05) is 12.1 Å². The van der Waals surface area contributed by atoms with Crippen LogP contribution in [0.15, 0.2) is 61.2 Å². The number of hydrogen-bond acceptors (Lipinski definition) is 9. The van der Waals surface area contributed by atoms with Gasteiger partial charge < -0.3 is 25.0 Å². The van der Waals surface area contributed by atoms with Crippen LogP contribution in [-0.4, -0.2) is 50.5 Å². The highest BCUT2D eigenvalue weighted by Crippen LogP contribution is 2.36. The number of fused-ring (bicyclic) bond motifs is 1. The molecule has 11 nitrogen and oxygen atoms in total. The number of anilines is 4. The van der Waals surface area contributed by atoms with Crippen molar-refractivity contribution in [3.63, 3.8) is 0 Å². The molecule has 1 fully saturated rings. The van der Waals surface area contributed by atoms with E-state index in [0.29, 0.717) is 23.6 Å². The lowest BCUT2D eigenvalue weighted by molar-refractivity contribution is -0.114. The SMILES string of the molecule is CC(=O)Nc1cccc(Nc2ncnc(N3CCC(n4cc(-c5ccc6c(c5)OCO6)cn4)CC3)n2)c1. The highest BCUT2D eigenvalue weighted by Gasteiger charge is 2.24. The molecule has 0 radical (unpaired) electrons. The first-order chi connectivity index (χ1) is 18.1. The molecule has 2 aliphatic rings. The normalized spacial score (nSPS) is 15.0. The topological polar surface area (TPSA) is 119 Å². The second-order valence-electron chi connectivity index (χ2n) is 8.99. The van der Waals surface area contributed by atoms with Gasteiger partial charge in [0.05, 0.1) is 12.2 Å². The molecule has 1 amide bonds. The Balaban J connectivity index is 1.09.